The summed E-state index contributed by atoms with van der Waals surface area (Å²) in [6.07, 6.45) is -0.725. The van der Waals surface area contributed by atoms with Crippen molar-refractivity contribution in [2.75, 3.05) is 0 Å². The fourth-order valence-electron chi connectivity index (χ4n) is 0.537. The Hall–Kier alpha value is -1.34. The largest absolute Gasteiger partial charge is 0.368 e. The number of aliphatic imine (C=N–C) groups is 2. The Balaban J connectivity index is 2.85. The lowest BCUT2D eigenvalue weighted by atomic mass is 10.7. The maximum Gasteiger partial charge on any atom is 0.221 e. The normalized spacial score (nSPS) is 25.8. The van der Waals surface area contributed by atoms with Crippen LogP contribution in [0.3, 0.4) is 0 Å². The molecule has 8 N–H and O–H groups in total. The monoisotopic (exact) mass is 143 g/mol. The molecule has 0 aromatic heterocycles. The molecule has 7 nitrogen and oxygen atoms in total. The van der Waals surface area contributed by atoms with E-state index in [0.717, 1.165) is 5.01 Å². The molecule has 0 saturated heterocycles. The molecule has 0 aliphatic carbocycles. The molecular weight excluding hydrogens is 134 g/mol. The van der Waals surface area contributed by atoms with Crippen LogP contribution in [0.5, 0.6) is 0 Å². The first-order chi connectivity index (χ1) is 4.61. The van der Waals surface area contributed by atoms with Crippen LogP contribution in [-0.2, 0) is 0 Å². The van der Waals surface area contributed by atoms with Crippen LogP contribution in [-0.4, -0.2) is 23.2 Å². The molecule has 1 heterocycles. The molecule has 7 heteroatoms. The third kappa shape index (κ3) is 0.993. The molecule has 0 aromatic rings. The van der Waals surface area contributed by atoms with Gasteiger partial charge < -0.3 is 11.5 Å². The minimum Gasteiger partial charge on any atom is -0.368 e. The van der Waals surface area contributed by atoms with Crippen LogP contribution in [0.15, 0.2) is 9.98 Å². The van der Waals surface area contributed by atoms with Gasteiger partial charge in [-0.05, 0) is 0 Å². The molecule has 1 aliphatic rings. The van der Waals surface area contributed by atoms with Crippen molar-refractivity contribution in [3.05, 3.63) is 0 Å². The van der Waals surface area contributed by atoms with Gasteiger partial charge in [0.25, 0.3) is 0 Å². The molecule has 0 amide bonds. The van der Waals surface area contributed by atoms with Gasteiger partial charge >= 0.3 is 0 Å². The smallest absolute Gasteiger partial charge is 0.221 e. The number of hydrazine groups is 1. The number of rotatable bonds is 0. The second-order valence-electron chi connectivity index (χ2n) is 1.78. The predicted molar refractivity (Wildman–Crippen MR) is 37.2 cm³/mol. The first-order valence-electron chi connectivity index (χ1n) is 2.58. The number of nitrogens with two attached hydrogens (primary N) is 4. The van der Waals surface area contributed by atoms with Gasteiger partial charge in [0.2, 0.25) is 11.9 Å². The van der Waals surface area contributed by atoms with E-state index in [0.29, 0.717) is 0 Å². The summed E-state index contributed by atoms with van der Waals surface area (Å²) in [7, 11) is 0. The van der Waals surface area contributed by atoms with E-state index >= 15 is 0 Å². The third-order valence-electron chi connectivity index (χ3n) is 1.04. The fourth-order valence-corrected chi connectivity index (χ4v) is 0.537. The van der Waals surface area contributed by atoms with Gasteiger partial charge in [0.15, 0.2) is 6.29 Å². The first kappa shape index (κ1) is 6.78. The van der Waals surface area contributed by atoms with Crippen molar-refractivity contribution in [2.24, 2.45) is 33.0 Å². The van der Waals surface area contributed by atoms with E-state index in [-0.39, 0.29) is 11.9 Å². The van der Waals surface area contributed by atoms with Crippen LogP contribution in [0.1, 0.15) is 0 Å². The minimum absolute atomic E-state index is 0.0479. The van der Waals surface area contributed by atoms with Crippen molar-refractivity contribution in [1.82, 2.24) is 5.01 Å². The summed E-state index contributed by atoms with van der Waals surface area (Å²) in [5, 5.41) is 1.02. The molecular formula is C3H9N7. The van der Waals surface area contributed by atoms with Gasteiger partial charge in [-0.3, -0.25) is 5.73 Å². The Morgan fingerprint density at radius 3 is 2.50 bits per heavy atom. The second kappa shape index (κ2) is 2.12. The zero-order chi connectivity index (χ0) is 7.72. The van der Waals surface area contributed by atoms with Crippen molar-refractivity contribution >= 4 is 11.9 Å². The number of hydrogen-bond acceptors (Lipinski definition) is 7. The van der Waals surface area contributed by atoms with Crippen molar-refractivity contribution in [3.63, 3.8) is 0 Å². The third-order valence-corrected chi connectivity index (χ3v) is 1.04. The lowest BCUT2D eigenvalue weighted by Gasteiger charge is -2.24. The molecule has 0 bridgehead atoms. The van der Waals surface area contributed by atoms with Gasteiger partial charge in [-0.1, -0.05) is 0 Å². The summed E-state index contributed by atoms with van der Waals surface area (Å²) in [5.74, 6) is 5.39. The van der Waals surface area contributed by atoms with E-state index in [2.05, 4.69) is 9.98 Å². The van der Waals surface area contributed by atoms with Gasteiger partial charge in [0.05, 0.1) is 0 Å². The van der Waals surface area contributed by atoms with Crippen molar-refractivity contribution in [2.45, 2.75) is 6.29 Å². The van der Waals surface area contributed by atoms with Crippen LogP contribution >= 0.6 is 0 Å². The van der Waals surface area contributed by atoms with Crippen LogP contribution in [0.2, 0.25) is 0 Å². The maximum absolute atomic E-state index is 5.33. The Morgan fingerprint density at radius 2 is 2.00 bits per heavy atom. The molecule has 0 saturated carbocycles. The van der Waals surface area contributed by atoms with Crippen LogP contribution in [0.4, 0.5) is 0 Å². The van der Waals surface area contributed by atoms with E-state index in [1.54, 1.807) is 0 Å². The molecule has 56 valence electrons. The average molecular weight is 143 g/mol. The number of guanidine groups is 2. The summed E-state index contributed by atoms with van der Waals surface area (Å²) in [5.41, 5.74) is 15.8. The van der Waals surface area contributed by atoms with Crippen molar-refractivity contribution < 1.29 is 0 Å². The van der Waals surface area contributed by atoms with E-state index < -0.39 is 6.29 Å². The molecule has 1 atom stereocenters. The summed E-state index contributed by atoms with van der Waals surface area (Å²) >= 11 is 0. The Morgan fingerprint density at radius 1 is 1.40 bits per heavy atom. The SMILES string of the molecule is NC1=NC(N)N(N)C(N)=N1. The first-order valence-corrected chi connectivity index (χ1v) is 2.58. The summed E-state index contributed by atoms with van der Waals surface area (Å²) in [4.78, 5) is 7.18. The topological polar surface area (TPSA) is 132 Å². The second-order valence-corrected chi connectivity index (χ2v) is 1.78. The van der Waals surface area contributed by atoms with Crippen molar-refractivity contribution in [3.8, 4) is 0 Å². The van der Waals surface area contributed by atoms with E-state index in [4.69, 9.17) is 23.0 Å². The van der Waals surface area contributed by atoms with Gasteiger partial charge in [-0.15, -0.1) is 0 Å². The quantitative estimate of drug-likeness (QED) is 0.269. The van der Waals surface area contributed by atoms with Gasteiger partial charge in [-0.2, -0.15) is 4.99 Å². The van der Waals surface area contributed by atoms with Crippen LogP contribution in [0.25, 0.3) is 0 Å². The summed E-state index contributed by atoms with van der Waals surface area (Å²) in [6.45, 7) is 0. The molecule has 0 spiro atoms. The molecule has 1 rings (SSSR count). The lowest BCUT2D eigenvalue weighted by molar-refractivity contribution is 0.328. The number of nitrogens with zero attached hydrogens (tertiary/aromatic N) is 3. The molecule has 1 aliphatic heterocycles. The Labute approximate surface area is 57.3 Å². The molecule has 0 radical (unpaired) electrons. The zero-order valence-corrected chi connectivity index (χ0v) is 5.23. The predicted octanol–water partition coefficient (Wildman–Crippen LogP) is -2.95. The molecule has 1 unspecified atom stereocenters. The fraction of sp³-hybridized carbons (Fsp3) is 0.333. The maximum atomic E-state index is 5.33. The molecule has 0 fully saturated rings. The molecule has 10 heavy (non-hydrogen) atoms. The van der Waals surface area contributed by atoms with Crippen molar-refractivity contribution in [1.29, 1.82) is 0 Å². The van der Waals surface area contributed by atoms with Crippen LogP contribution in [0, 0.1) is 0 Å². The van der Waals surface area contributed by atoms with Gasteiger partial charge in [0, 0.05) is 0 Å². The van der Waals surface area contributed by atoms with Crippen LogP contribution < -0.4 is 23.0 Å². The van der Waals surface area contributed by atoms with Gasteiger partial charge in [-0.25, -0.2) is 15.8 Å². The van der Waals surface area contributed by atoms with E-state index in [1.807, 2.05) is 0 Å². The van der Waals surface area contributed by atoms with E-state index in [1.165, 1.54) is 0 Å². The summed E-state index contributed by atoms with van der Waals surface area (Å²) < 4.78 is 0. The minimum atomic E-state index is -0.725. The zero-order valence-electron chi connectivity index (χ0n) is 5.23. The lowest BCUT2D eigenvalue weighted by Crippen LogP contribution is -2.55. The Kier molecular flexibility index (Phi) is 1.44. The standard InChI is InChI=1S/C3H9N7/c4-1-8-2(5)10(7)3(6)9-1/h2H,5,7H2,(H4,4,6,8,9). The average Bonchev–Trinajstić information content (AvgIpc) is 1.82. The number of hydrogen-bond donors (Lipinski definition) is 4. The van der Waals surface area contributed by atoms with Gasteiger partial charge in [0.1, 0.15) is 0 Å². The molecule has 0 aromatic carbocycles. The Bertz CT molecular complexity index is 193. The highest BCUT2D eigenvalue weighted by Crippen LogP contribution is 1.93. The highest BCUT2D eigenvalue weighted by molar-refractivity contribution is 5.94. The highest BCUT2D eigenvalue weighted by atomic mass is 15.6. The van der Waals surface area contributed by atoms with E-state index in [9.17, 15) is 0 Å². The highest BCUT2D eigenvalue weighted by Gasteiger charge is 2.16. The summed E-state index contributed by atoms with van der Waals surface area (Å²) in [6, 6.07) is 0.